The average Bonchev–Trinajstić information content (AvgIpc) is 3.16. The number of anilines is 1. The van der Waals surface area contributed by atoms with Gasteiger partial charge in [-0.1, -0.05) is 51.6 Å². The van der Waals surface area contributed by atoms with Crippen LogP contribution < -0.4 is 10.6 Å². The molecule has 0 aliphatic heterocycles. The third kappa shape index (κ3) is 6.13. The first-order valence-corrected chi connectivity index (χ1v) is 12.6. The fourth-order valence-corrected chi connectivity index (χ4v) is 4.40. The molecule has 0 fully saturated rings. The van der Waals surface area contributed by atoms with Crippen molar-refractivity contribution in [2.75, 3.05) is 29.9 Å². The number of benzene rings is 1. The predicted octanol–water partition coefficient (Wildman–Crippen LogP) is 4.55. The summed E-state index contributed by atoms with van der Waals surface area (Å²) in [6.45, 7) is 10.3. The molecule has 7 nitrogen and oxygen atoms in total. The molecule has 0 radical (unpaired) electrons. The average molecular weight is 459 g/mol. The first-order valence-electron chi connectivity index (χ1n) is 10.6. The number of rotatable bonds is 11. The molecule has 31 heavy (non-hydrogen) atoms. The largest absolute Gasteiger partial charge is 0.369 e. The van der Waals surface area contributed by atoms with E-state index >= 15 is 0 Å². The molecule has 3 aromatic rings. The molecule has 0 bridgehead atoms. The molecule has 2 N–H and O–H groups in total. The van der Waals surface area contributed by atoms with Crippen LogP contribution in [0.25, 0.3) is 11.0 Å². The molecular weight excluding hydrogens is 428 g/mol. The lowest BCUT2D eigenvalue weighted by Gasteiger charge is -2.11. The number of hydrogen-bond donors (Lipinski definition) is 2. The lowest BCUT2D eigenvalue weighted by atomic mass is 10.2. The second-order valence-electron chi connectivity index (χ2n) is 7.35. The Kier molecular flexibility index (Phi) is 8.60. The van der Waals surface area contributed by atoms with Crippen LogP contribution in [0.3, 0.4) is 0 Å². The summed E-state index contributed by atoms with van der Waals surface area (Å²) >= 11 is 3.28. The van der Waals surface area contributed by atoms with Gasteiger partial charge < -0.3 is 10.6 Å². The topological polar surface area (TPSA) is 84.7 Å². The van der Waals surface area contributed by atoms with E-state index in [0.717, 1.165) is 45.0 Å². The van der Waals surface area contributed by atoms with Gasteiger partial charge in [0.2, 0.25) is 0 Å². The first-order chi connectivity index (χ1) is 15.0. The highest BCUT2D eigenvalue weighted by molar-refractivity contribution is 7.99. The monoisotopic (exact) mass is 458 g/mol. The molecule has 0 aliphatic carbocycles. The van der Waals surface area contributed by atoms with Gasteiger partial charge in [0.15, 0.2) is 10.8 Å². The molecule has 0 unspecified atom stereocenters. The van der Waals surface area contributed by atoms with Crippen LogP contribution >= 0.6 is 23.5 Å². The molecule has 2 aromatic heterocycles. The summed E-state index contributed by atoms with van der Waals surface area (Å²) in [4.78, 5) is 23.1. The van der Waals surface area contributed by atoms with Crippen molar-refractivity contribution in [3.63, 3.8) is 0 Å². The Hall–Kier alpha value is -2.26. The normalized spacial score (nSPS) is 11.3. The fraction of sp³-hybridized carbons (Fsp3) is 0.455. The van der Waals surface area contributed by atoms with Gasteiger partial charge in [-0.3, -0.25) is 4.79 Å². The highest BCUT2D eigenvalue weighted by Crippen LogP contribution is 2.25. The highest BCUT2D eigenvalue weighted by atomic mass is 32.2. The molecule has 3 rings (SSSR count). The molecule has 1 amide bonds. The third-order valence-corrected chi connectivity index (χ3v) is 6.15. The van der Waals surface area contributed by atoms with E-state index in [1.165, 1.54) is 0 Å². The van der Waals surface area contributed by atoms with Gasteiger partial charge in [0.05, 0.1) is 23.7 Å². The molecule has 166 valence electrons. The number of fused-ring (bicyclic) bond motifs is 1. The van der Waals surface area contributed by atoms with Gasteiger partial charge in [-0.25, -0.2) is 14.6 Å². The number of aromatic nitrogens is 4. The fourth-order valence-electron chi connectivity index (χ4n) is 3.03. The molecule has 1 aromatic carbocycles. The minimum Gasteiger partial charge on any atom is -0.369 e. The molecular formula is C22H30N6OS2. The van der Waals surface area contributed by atoms with Crippen molar-refractivity contribution < 1.29 is 4.79 Å². The Morgan fingerprint density at radius 2 is 1.90 bits per heavy atom. The first kappa shape index (κ1) is 23.4. The van der Waals surface area contributed by atoms with Crippen molar-refractivity contribution in [3.8, 4) is 0 Å². The van der Waals surface area contributed by atoms with Crippen LogP contribution in [0.5, 0.6) is 0 Å². The Morgan fingerprint density at radius 1 is 1.13 bits per heavy atom. The Bertz CT molecular complexity index is 1020. The zero-order valence-electron chi connectivity index (χ0n) is 18.5. The minimum absolute atomic E-state index is 0.0656. The van der Waals surface area contributed by atoms with Crippen molar-refractivity contribution in [2.45, 2.75) is 44.3 Å². The van der Waals surface area contributed by atoms with Crippen molar-refractivity contribution in [1.29, 1.82) is 0 Å². The molecule has 0 aliphatic rings. The summed E-state index contributed by atoms with van der Waals surface area (Å²) in [5.41, 5.74) is 1.50. The van der Waals surface area contributed by atoms with Gasteiger partial charge in [-0.05, 0) is 29.6 Å². The lowest BCUT2D eigenvalue weighted by molar-refractivity contribution is 0.0949. The van der Waals surface area contributed by atoms with E-state index in [-0.39, 0.29) is 5.91 Å². The van der Waals surface area contributed by atoms with E-state index in [0.29, 0.717) is 24.6 Å². The van der Waals surface area contributed by atoms with Crippen molar-refractivity contribution >= 4 is 46.3 Å². The molecule has 9 heteroatoms. The lowest BCUT2D eigenvalue weighted by Crippen LogP contribution is -2.28. The number of nitrogens with one attached hydrogen (secondary N) is 2. The van der Waals surface area contributed by atoms with Crippen molar-refractivity contribution in [1.82, 2.24) is 25.1 Å². The number of carbonyl (C=O) groups excluding carboxylic acids is 1. The zero-order valence-corrected chi connectivity index (χ0v) is 20.1. The zero-order chi connectivity index (χ0) is 22.2. The van der Waals surface area contributed by atoms with Crippen molar-refractivity contribution in [3.05, 3.63) is 36.0 Å². The maximum Gasteiger partial charge on any atom is 0.252 e. The summed E-state index contributed by atoms with van der Waals surface area (Å²) < 4.78 is 1.84. The smallest absolute Gasteiger partial charge is 0.252 e. The standard InChI is InChI=1S/C22H30N6OS2/c1-5-30-18-10-8-7-9-16(18)21(29)23-11-12-28-20-17(14-25-28)19(24-13-15(3)4)26-22(27-20)31-6-2/h7-10,14-15H,5-6,11-13H2,1-4H3,(H,23,29)(H,24,26,27). The summed E-state index contributed by atoms with van der Waals surface area (Å²) in [7, 11) is 0. The SMILES string of the molecule is CCSc1nc(NCC(C)C)c2cnn(CCNC(=O)c3ccccc3SCC)c2n1. The van der Waals surface area contributed by atoms with Crippen LogP contribution in [0.2, 0.25) is 0 Å². The number of carbonyl (C=O) groups is 1. The number of nitrogens with zero attached hydrogens (tertiary/aromatic N) is 4. The van der Waals surface area contributed by atoms with E-state index < -0.39 is 0 Å². The molecule has 0 saturated heterocycles. The summed E-state index contributed by atoms with van der Waals surface area (Å²) in [5, 5.41) is 12.6. The predicted molar refractivity (Wildman–Crippen MR) is 130 cm³/mol. The van der Waals surface area contributed by atoms with Crippen molar-refractivity contribution in [2.24, 2.45) is 5.92 Å². The van der Waals surface area contributed by atoms with Crippen LogP contribution in [0, 0.1) is 5.92 Å². The second-order valence-corrected chi connectivity index (χ2v) is 9.89. The van der Waals surface area contributed by atoms with Crippen LogP contribution in [0.1, 0.15) is 38.1 Å². The Labute approximate surface area is 192 Å². The molecule has 0 saturated carbocycles. The van der Waals surface area contributed by atoms with E-state index in [1.807, 2.05) is 28.9 Å². The van der Waals surface area contributed by atoms with Crippen LogP contribution in [-0.2, 0) is 6.54 Å². The van der Waals surface area contributed by atoms with E-state index in [1.54, 1.807) is 29.7 Å². The molecule has 0 atom stereocenters. The Balaban J connectivity index is 1.74. The quantitative estimate of drug-likeness (QED) is 0.322. The number of hydrogen-bond acceptors (Lipinski definition) is 7. The maximum atomic E-state index is 12.7. The minimum atomic E-state index is -0.0656. The van der Waals surface area contributed by atoms with Gasteiger partial charge >= 0.3 is 0 Å². The number of thioether (sulfide) groups is 2. The summed E-state index contributed by atoms with van der Waals surface area (Å²) in [5.74, 6) is 3.08. The third-order valence-electron chi connectivity index (χ3n) is 4.47. The van der Waals surface area contributed by atoms with Gasteiger partial charge in [-0.2, -0.15) is 5.10 Å². The van der Waals surface area contributed by atoms with Gasteiger partial charge in [0.1, 0.15) is 5.82 Å². The second kappa shape index (κ2) is 11.4. The maximum absolute atomic E-state index is 12.7. The van der Waals surface area contributed by atoms with Crippen LogP contribution in [-0.4, -0.2) is 50.3 Å². The molecule has 0 spiro atoms. The van der Waals surface area contributed by atoms with Gasteiger partial charge in [-0.15, -0.1) is 11.8 Å². The summed E-state index contributed by atoms with van der Waals surface area (Å²) in [6, 6.07) is 7.71. The highest BCUT2D eigenvalue weighted by Gasteiger charge is 2.15. The van der Waals surface area contributed by atoms with E-state index in [4.69, 9.17) is 4.98 Å². The van der Waals surface area contributed by atoms with Gasteiger partial charge in [0, 0.05) is 18.0 Å². The molecule has 2 heterocycles. The van der Waals surface area contributed by atoms with E-state index in [2.05, 4.69) is 48.4 Å². The van der Waals surface area contributed by atoms with Crippen LogP contribution in [0.15, 0.2) is 40.5 Å². The summed E-state index contributed by atoms with van der Waals surface area (Å²) in [6.07, 6.45) is 1.80. The Morgan fingerprint density at radius 3 is 2.65 bits per heavy atom. The van der Waals surface area contributed by atoms with Gasteiger partial charge in [0.25, 0.3) is 5.91 Å². The number of amides is 1. The van der Waals surface area contributed by atoms with E-state index in [9.17, 15) is 4.79 Å². The van der Waals surface area contributed by atoms with Crippen LogP contribution in [0.4, 0.5) is 5.82 Å².